The number of nitrogens with zero attached hydrogens (tertiary/aromatic N) is 1. The van der Waals surface area contributed by atoms with E-state index in [-0.39, 0.29) is 5.91 Å². The largest absolute Gasteiger partial charge is 0.383 e. The van der Waals surface area contributed by atoms with E-state index >= 15 is 0 Å². The molecule has 0 heterocycles. The van der Waals surface area contributed by atoms with Crippen molar-refractivity contribution >= 4 is 5.91 Å². The van der Waals surface area contributed by atoms with Gasteiger partial charge in [-0.3, -0.25) is 4.79 Å². The molecular weight excluding hydrogens is 166 g/mol. The normalized spacial score (nSPS) is 12.6. The van der Waals surface area contributed by atoms with Gasteiger partial charge in [0.05, 0.1) is 0 Å². The zero-order valence-corrected chi connectivity index (χ0v) is 8.92. The van der Waals surface area contributed by atoms with Gasteiger partial charge in [-0.25, -0.2) is 0 Å². The summed E-state index contributed by atoms with van der Waals surface area (Å²) in [4.78, 5) is 13.2. The number of likely N-dealkylation sites (N-methyl/N-ethyl adjacent to an activating group) is 1. The molecule has 1 unspecified atom stereocenters. The highest BCUT2D eigenvalue weighted by Crippen LogP contribution is 2.04. The summed E-state index contributed by atoms with van der Waals surface area (Å²) >= 11 is 0. The van der Waals surface area contributed by atoms with E-state index in [9.17, 15) is 9.90 Å². The molecule has 0 saturated heterocycles. The molecule has 0 fully saturated rings. The lowest BCUT2D eigenvalue weighted by Gasteiger charge is -2.21. The molecule has 0 aromatic rings. The second-order valence-corrected chi connectivity index (χ2v) is 3.17. The summed E-state index contributed by atoms with van der Waals surface area (Å²) < 4.78 is 0. The summed E-state index contributed by atoms with van der Waals surface area (Å²) in [5.41, 5.74) is 0. The van der Waals surface area contributed by atoms with Gasteiger partial charge in [0, 0.05) is 13.1 Å². The predicted molar refractivity (Wildman–Crippen MR) is 53.5 cm³/mol. The molecule has 0 saturated carbocycles. The lowest BCUT2D eigenvalue weighted by Crippen LogP contribution is -2.38. The lowest BCUT2D eigenvalue weighted by molar-refractivity contribution is -0.140. The fourth-order valence-corrected chi connectivity index (χ4v) is 1.27. The number of hydrogen-bond donors (Lipinski definition) is 1. The first-order valence-electron chi connectivity index (χ1n) is 5.14. The number of amides is 1. The second kappa shape index (κ2) is 6.89. The van der Waals surface area contributed by atoms with Crippen LogP contribution >= 0.6 is 0 Å². The Bertz CT molecular complexity index is 144. The topological polar surface area (TPSA) is 40.5 Å². The number of rotatable bonds is 6. The number of carbonyl (C=O) groups excluding carboxylic acids is 1. The Morgan fingerprint density at radius 2 is 1.85 bits per heavy atom. The number of aliphatic hydroxyl groups is 1. The molecule has 1 N–H and O–H groups in total. The van der Waals surface area contributed by atoms with Gasteiger partial charge in [0.15, 0.2) is 0 Å². The lowest BCUT2D eigenvalue weighted by atomic mass is 10.1. The Kier molecular flexibility index (Phi) is 6.59. The number of hydrogen-bond acceptors (Lipinski definition) is 2. The fraction of sp³-hybridized carbons (Fsp3) is 0.900. The molecule has 13 heavy (non-hydrogen) atoms. The van der Waals surface area contributed by atoms with Gasteiger partial charge in [-0.2, -0.15) is 0 Å². The molecule has 3 nitrogen and oxygen atoms in total. The molecule has 3 heteroatoms. The molecule has 0 radical (unpaired) electrons. The van der Waals surface area contributed by atoms with Crippen LogP contribution in [0.4, 0.5) is 0 Å². The maximum absolute atomic E-state index is 11.5. The standard InChI is InChI=1S/C10H21NO2/c1-4-7-8-9(12)10(13)11(5-2)6-3/h9,12H,4-8H2,1-3H3. The monoisotopic (exact) mass is 187 g/mol. The van der Waals surface area contributed by atoms with Crippen molar-refractivity contribution in [2.24, 2.45) is 0 Å². The van der Waals surface area contributed by atoms with Crippen LogP contribution in [0.2, 0.25) is 0 Å². The molecule has 0 aromatic heterocycles. The average Bonchev–Trinajstić information content (AvgIpc) is 2.15. The molecular formula is C10H21NO2. The van der Waals surface area contributed by atoms with Gasteiger partial charge >= 0.3 is 0 Å². The van der Waals surface area contributed by atoms with E-state index < -0.39 is 6.10 Å². The van der Waals surface area contributed by atoms with Crippen molar-refractivity contribution in [3.63, 3.8) is 0 Å². The zero-order chi connectivity index (χ0) is 10.3. The molecule has 0 aliphatic carbocycles. The van der Waals surface area contributed by atoms with Crippen molar-refractivity contribution < 1.29 is 9.90 Å². The number of carbonyl (C=O) groups is 1. The van der Waals surface area contributed by atoms with Crippen LogP contribution in [0.25, 0.3) is 0 Å². The Morgan fingerprint density at radius 1 is 1.31 bits per heavy atom. The predicted octanol–water partition coefficient (Wildman–Crippen LogP) is 1.41. The third kappa shape index (κ3) is 4.27. The summed E-state index contributed by atoms with van der Waals surface area (Å²) in [7, 11) is 0. The smallest absolute Gasteiger partial charge is 0.251 e. The van der Waals surface area contributed by atoms with Crippen LogP contribution in [0.1, 0.15) is 40.0 Å². The van der Waals surface area contributed by atoms with Crippen LogP contribution in [0.5, 0.6) is 0 Å². The van der Waals surface area contributed by atoms with Crippen LogP contribution in [-0.4, -0.2) is 35.1 Å². The van der Waals surface area contributed by atoms with E-state index in [1.165, 1.54) is 0 Å². The molecule has 0 aliphatic rings. The van der Waals surface area contributed by atoms with Crippen molar-refractivity contribution in [1.29, 1.82) is 0 Å². The summed E-state index contributed by atoms with van der Waals surface area (Å²) in [6, 6.07) is 0. The molecule has 0 aromatic carbocycles. The Hall–Kier alpha value is -0.570. The maximum Gasteiger partial charge on any atom is 0.251 e. The Morgan fingerprint density at radius 3 is 2.23 bits per heavy atom. The first-order chi connectivity index (χ1) is 6.17. The number of unbranched alkanes of at least 4 members (excludes halogenated alkanes) is 1. The zero-order valence-electron chi connectivity index (χ0n) is 8.92. The van der Waals surface area contributed by atoms with Gasteiger partial charge in [-0.1, -0.05) is 19.8 Å². The van der Waals surface area contributed by atoms with E-state index in [1.54, 1.807) is 4.90 Å². The third-order valence-corrected chi connectivity index (χ3v) is 2.19. The van der Waals surface area contributed by atoms with Crippen LogP contribution in [-0.2, 0) is 4.79 Å². The van der Waals surface area contributed by atoms with Crippen molar-refractivity contribution in [2.45, 2.75) is 46.1 Å². The van der Waals surface area contributed by atoms with E-state index in [1.807, 2.05) is 13.8 Å². The fourth-order valence-electron chi connectivity index (χ4n) is 1.27. The Labute approximate surface area is 80.7 Å². The van der Waals surface area contributed by atoms with Crippen molar-refractivity contribution in [3.8, 4) is 0 Å². The first-order valence-corrected chi connectivity index (χ1v) is 5.14. The average molecular weight is 187 g/mol. The minimum Gasteiger partial charge on any atom is -0.383 e. The van der Waals surface area contributed by atoms with E-state index in [0.717, 1.165) is 12.8 Å². The minimum absolute atomic E-state index is 0.126. The van der Waals surface area contributed by atoms with Crippen molar-refractivity contribution in [2.75, 3.05) is 13.1 Å². The van der Waals surface area contributed by atoms with Crippen LogP contribution in [0, 0.1) is 0 Å². The van der Waals surface area contributed by atoms with Crippen molar-refractivity contribution in [3.05, 3.63) is 0 Å². The molecule has 78 valence electrons. The summed E-state index contributed by atoms with van der Waals surface area (Å²) in [5.74, 6) is -0.126. The quantitative estimate of drug-likeness (QED) is 0.683. The van der Waals surface area contributed by atoms with E-state index in [4.69, 9.17) is 0 Å². The van der Waals surface area contributed by atoms with E-state index in [0.29, 0.717) is 19.5 Å². The molecule has 1 atom stereocenters. The SMILES string of the molecule is CCCCC(O)C(=O)N(CC)CC. The highest BCUT2D eigenvalue weighted by Gasteiger charge is 2.18. The first kappa shape index (κ1) is 12.4. The van der Waals surface area contributed by atoms with Gasteiger partial charge in [0.25, 0.3) is 5.91 Å². The molecule has 0 rings (SSSR count). The van der Waals surface area contributed by atoms with Crippen LogP contribution < -0.4 is 0 Å². The van der Waals surface area contributed by atoms with Gasteiger partial charge < -0.3 is 10.0 Å². The summed E-state index contributed by atoms with van der Waals surface area (Å²) in [6.45, 7) is 7.26. The maximum atomic E-state index is 11.5. The van der Waals surface area contributed by atoms with Crippen LogP contribution in [0.3, 0.4) is 0 Å². The minimum atomic E-state index is -0.792. The molecule has 0 spiro atoms. The van der Waals surface area contributed by atoms with Crippen molar-refractivity contribution in [1.82, 2.24) is 4.90 Å². The second-order valence-electron chi connectivity index (χ2n) is 3.17. The van der Waals surface area contributed by atoms with E-state index in [2.05, 4.69) is 6.92 Å². The van der Waals surface area contributed by atoms with Gasteiger partial charge in [0.2, 0.25) is 0 Å². The molecule has 1 amide bonds. The number of aliphatic hydroxyl groups excluding tert-OH is 1. The highest BCUT2D eigenvalue weighted by atomic mass is 16.3. The Balaban J connectivity index is 3.92. The molecule has 0 bridgehead atoms. The molecule has 0 aliphatic heterocycles. The van der Waals surface area contributed by atoms with Gasteiger partial charge in [0.1, 0.15) is 6.10 Å². The summed E-state index contributed by atoms with van der Waals surface area (Å²) in [5, 5.41) is 9.49. The summed E-state index contributed by atoms with van der Waals surface area (Å²) in [6.07, 6.45) is 1.72. The third-order valence-electron chi connectivity index (χ3n) is 2.19. The van der Waals surface area contributed by atoms with Gasteiger partial charge in [-0.15, -0.1) is 0 Å². The van der Waals surface area contributed by atoms with Gasteiger partial charge in [-0.05, 0) is 20.3 Å². The highest BCUT2D eigenvalue weighted by molar-refractivity contribution is 5.80. The van der Waals surface area contributed by atoms with Crippen LogP contribution in [0.15, 0.2) is 0 Å².